The van der Waals surface area contributed by atoms with Crippen molar-refractivity contribution in [1.29, 1.82) is 0 Å². The van der Waals surface area contributed by atoms with Gasteiger partial charge in [0.15, 0.2) is 0 Å². The monoisotopic (exact) mass is 247 g/mol. The summed E-state index contributed by atoms with van der Waals surface area (Å²) in [5.41, 5.74) is 4.23. The van der Waals surface area contributed by atoms with Gasteiger partial charge in [-0.2, -0.15) is 0 Å². The van der Waals surface area contributed by atoms with E-state index in [0.29, 0.717) is 5.15 Å². The molecule has 0 bridgehead atoms. The van der Waals surface area contributed by atoms with Gasteiger partial charge in [0, 0.05) is 30.3 Å². The summed E-state index contributed by atoms with van der Waals surface area (Å²) >= 11 is 5.94. The van der Waals surface area contributed by atoms with Crippen LogP contribution in [0.3, 0.4) is 0 Å². The Kier molecular flexibility index (Phi) is 3.59. The lowest BCUT2D eigenvalue weighted by Gasteiger charge is -2.11. The lowest BCUT2D eigenvalue weighted by atomic mass is 10.2. The van der Waals surface area contributed by atoms with E-state index in [-0.39, 0.29) is 0 Å². The van der Waals surface area contributed by atoms with Crippen molar-refractivity contribution in [3.8, 4) is 0 Å². The molecule has 0 spiro atoms. The van der Waals surface area contributed by atoms with E-state index in [1.807, 2.05) is 38.2 Å². The normalized spacial score (nSPS) is 10.3. The third-order valence-electron chi connectivity index (χ3n) is 2.69. The van der Waals surface area contributed by atoms with Gasteiger partial charge in [-0.1, -0.05) is 17.7 Å². The van der Waals surface area contributed by atoms with Gasteiger partial charge in [-0.25, -0.2) is 4.98 Å². The number of pyridine rings is 2. The van der Waals surface area contributed by atoms with E-state index in [2.05, 4.69) is 15.3 Å². The van der Waals surface area contributed by atoms with Crippen LogP contribution in [0.4, 0.5) is 5.69 Å². The summed E-state index contributed by atoms with van der Waals surface area (Å²) in [5.74, 6) is 0. The molecule has 2 aromatic heterocycles. The minimum absolute atomic E-state index is 0.516. The summed E-state index contributed by atoms with van der Waals surface area (Å²) in [6, 6.07) is 5.81. The standard InChI is InChI=1S/C13H14ClN3/c1-9-10(2)17-13(14)6-12(9)16-8-11-4-3-5-15-7-11/h3-7H,8H2,1-2H3,(H,16,17). The van der Waals surface area contributed by atoms with E-state index in [4.69, 9.17) is 11.6 Å². The number of hydrogen-bond donors (Lipinski definition) is 1. The fraction of sp³-hybridized carbons (Fsp3) is 0.231. The van der Waals surface area contributed by atoms with Crippen LogP contribution in [-0.4, -0.2) is 9.97 Å². The van der Waals surface area contributed by atoms with Gasteiger partial charge in [0.1, 0.15) is 5.15 Å². The second kappa shape index (κ2) is 5.15. The Bertz CT molecular complexity index is 512. The number of rotatable bonds is 3. The molecule has 0 fully saturated rings. The summed E-state index contributed by atoms with van der Waals surface area (Å²) < 4.78 is 0. The first kappa shape index (κ1) is 11.9. The van der Waals surface area contributed by atoms with Crippen molar-refractivity contribution >= 4 is 17.3 Å². The second-order valence-corrected chi connectivity index (χ2v) is 4.31. The lowest BCUT2D eigenvalue weighted by molar-refractivity contribution is 1.08. The summed E-state index contributed by atoms with van der Waals surface area (Å²) in [4.78, 5) is 8.28. The Morgan fingerprint density at radius 1 is 1.35 bits per heavy atom. The van der Waals surface area contributed by atoms with Gasteiger partial charge < -0.3 is 5.32 Å². The van der Waals surface area contributed by atoms with Crippen LogP contribution >= 0.6 is 11.6 Å². The molecule has 0 saturated carbocycles. The number of nitrogens with one attached hydrogen (secondary N) is 1. The SMILES string of the molecule is Cc1nc(Cl)cc(NCc2cccnc2)c1C. The van der Waals surface area contributed by atoms with Gasteiger partial charge in [0.2, 0.25) is 0 Å². The molecule has 0 aromatic carbocycles. The first-order valence-electron chi connectivity index (χ1n) is 5.43. The maximum absolute atomic E-state index is 5.94. The number of anilines is 1. The minimum atomic E-state index is 0.516. The highest BCUT2D eigenvalue weighted by molar-refractivity contribution is 6.29. The zero-order valence-electron chi connectivity index (χ0n) is 9.87. The highest BCUT2D eigenvalue weighted by Crippen LogP contribution is 2.21. The zero-order chi connectivity index (χ0) is 12.3. The molecule has 1 N–H and O–H groups in total. The van der Waals surface area contributed by atoms with Crippen molar-refractivity contribution < 1.29 is 0 Å². The van der Waals surface area contributed by atoms with Crippen molar-refractivity contribution in [2.45, 2.75) is 20.4 Å². The summed E-state index contributed by atoms with van der Waals surface area (Å²) in [6.07, 6.45) is 3.61. The van der Waals surface area contributed by atoms with Crippen LogP contribution < -0.4 is 5.32 Å². The highest BCUT2D eigenvalue weighted by atomic mass is 35.5. The molecule has 4 heteroatoms. The fourth-order valence-corrected chi connectivity index (χ4v) is 1.82. The Labute approximate surface area is 106 Å². The van der Waals surface area contributed by atoms with Gasteiger partial charge in [0.05, 0.1) is 0 Å². The van der Waals surface area contributed by atoms with Crippen LogP contribution in [0, 0.1) is 13.8 Å². The van der Waals surface area contributed by atoms with Crippen LogP contribution in [-0.2, 0) is 6.54 Å². The van der Waals surface area contributed by atoms with Gasteiger partial charge in [-0.15, -0.1) is 0 Å². The summed E-state index contributed by atoms with van der Waals surface area (Å²) in [7, 11) is 0. The topological polar surface area (TPSA) is 37.8 Å². The number of aromatic nitrogens is 2. The van der Waals surface area contributed by atoms with E-state index in [0.717, 1.165) is 29.1 Å². The molecule has 2 heterocycles. The predicted octanol–water partition coefficient (Wildman–Crippen LogP) is 3.36. The first-order valence-corrected chi connectivity index (χ1v) is 5.81. The summed E-state index contributed by atoms with van der Waals surface area (Å²) in [6.45, 7) is 4.72. The van der Waals surface area contributed by atoms with E-state index >= 15 is 0 Å². The average molecular weight is 248 g/mol. The molecule has 0 amide bonds. The molecule has 0 radical (unpaired) electrons. The maximum Gasteiger partial charge on any atom is 0.131 e. The predicted molar refractivity (Wildman–Crippen MR) is 70.3 cm³/mol. The van der Waals surface area contributed by atoms with Crippen molar-refractivity contribution in [3.63, 3.8) is 0 Å². The third kappa shape index (κ3) is 2.94. The molecule has 0 aliphatic heterocycles. The molecule has 3 nitrogen and oxygen atoms in total. The van der Waals surface area contributed by atoms with Crippen LogP contribution in [0.25, 0.3) is 0 Å². The number of nitrogens with zero attached hydrogens (tertiary/aromatic N) is 2. The van der Waals surface area contributed by atoms with Crippen LogP contribution in [0.15, 0.2) is 30.6 Å². The molecule has 0 aliphatic carbocycles. The van der Waals surface area contributed by atoms with Gasteiger partial charge in [-0.3, -0.25) is 4.98 Å². The van der Waals surface area contributed by atoms with Gasteiger partial charge in [-0.05, 0) is 37.1 Å². The third-order valence-corrected chi connectivity index (χ3v) is 2.88. The van der Waals surface area contributed by atoms with Crippen molar-refractivity contribution in [2.24, 2.45) is 0 Å². The smallest absolute Gasteiger partial charge is 0.131 e. The van der Waals surface area contributed by atoms with Crippen molar-refractivity contribution in [3.05, 3.63) is 52.6 Å². The van der Waals surface area contributed by atoms with E-state index in [9.17, 15) is 0 Å². The molecule has 0 atom stereocenters. The van der Waals surface area contributed by atoms with E-state index < -0.39 is 0 Å². The number of aryl methyl sites for hydroxylation is 1. The zero-order valence-corrected chi connectivity index (χ0v) is 10.6. The van der Waals surface area contributed by atoms with Crippen LogP contribution in [0.1, 0.15) is 16.8 Å². The van der Waals surface area contributed by atoms with Crippen molar-refractivity contribution in [1.82, 2.24) is 9.97 Å². The molecule has 0 saturated heterocycles. The fourth-order valence-electron chi connectivity index (χ4n) is 1.58. The Balaban J connectivity index is 2.14. The molecular formula is C13H14ClN3. The van der Waals surface area contributed by atoms with Crippen molar-refractivity contribution in [2.75, 3.05) is 5.32 Å². The van der Waals surface area contributed by atoms with Crippen LogP contribution in [0.2, 0.25) is 5.15 Å². The van der Waals surface area contributed by atoms with E-state index in [1.165, 1.54) is 0 Å². The second-order valence-electron chi connectivity index (χ2n) is 3.92. The van der Waals surface area contributed by atoms with Gasteiger partial charge >= 0.3 is 0 Å². The Hall–Kier alpha value is -1.61. The number of hydrogen-bond acceptors (Lipinski definition) is 3. The molecule has 88 valence electrons. The molecule has 2 rings (SSSR count). The lowest BCUT2D eigenvalue weighted by Crippen LogP contribution is -2.03. The Morgan fingerprint density at radius 2 is 2.18 bits per heavy atom. The molecule has 17 heavy (non-hydrogen) atoms. The van der Waals surface area contributed by atoms with Gasteiger partial charge in [0.25, 0.3) is 0 Å². The molecule has 0 unspecified atom stereocenters. The quantitative estimate of drug-likeness (QED) is 0.846. The largest absolute Gasteiger partial charge is 0.381 e. The van der Waals surface area contributed by atoms with E-state index in [1.54, 1.807) is 6.20 Å². The summed E-state index contributed by atoms with van der Waals surface area (Å²) in [5, 5.41) is 3.86. The maximum atomic E-state index is 5.94. The number of halogens is 1. The molecule has 2 aromatic rings. The first-order chi connectivity index (χ1) is 8.16. The average Bonchev–Trinajstić information content (AvgIpc) is 2.33. The minimum Gasteiger partial charge on any atom is -0.381 e. The molecule has 0 aliphatic rings. The highest BCUT2D eigenvalue weighted by Gasteiger charge is 2.04. The van der Waals surface area contributed by atoms with Crippen LogP contribution in [0.5, 0.6) is 0 Å². The Morgan fingerprint density at radius 3 is 2.88 bits per heavy atom. The molecular weight excluding hydrogens is 234 g/mol.